The largest absolute Gasteiger partial charge is 0.507 e. The zero-order valence-corrected chi connectivity index (χ0v) is 20.6. The van der Waals surface area contributed by atoms with Crippen LogP contribution in [0.1, 0.15) is 35.2 Å². The van der Waals surface area contributed by atoms with Gasteiger partial charge in [-0.15, -0.1) is 0 Å². The maximum atomic E-state index is 13.4. The Balaban J connectivity index is 1.67. The summed E-state index contributed by atoms with van der Waals surface area (Å²) in [4.78, 5) is 39.5. The number of hydrogen-bond donors (Lipinski definition) is 1. The molecule has 2 aliphatic heterocycles. The molecule has 0 aliphatic carbocycles. The van der Waals surface area contributed by atoms with Gasteiger partial charge in [0, 0.05) is 18.2 Å². The Hall–Kier alpha value is -4.59. The fourth-order valence-electron chi connectivity index (χ4n) is 4.52. The highest BCUT2D eigenvalue weighted by atomic mass is 16.6. The number of fused-ring (bicyclic) bond motifs is 1. The van der Waals surface area contributed by atoms with Crippen molar-refractivity contribution < 1.29 is 33.7 Å². The van der Waals surface area contributed by atoms with Gasteiger partial charge in [0.05, 0.1) is 11.6 Å². The summed E-state index contributed by atoms with van der Waals surface area (Å²) in [6.45, 7) is 5.97. The number of benzene rings is 3. The average Bonchev–Trinajstić information content (AvgIpc) is 3.15. The Morgan fingerprint density at radius 1 is 0.919 bits per heavy atom. The van der Waals surface area contributed by atoms with Crippen molar-refractivity contribution in [3.8, 4) is 17.2 Å². The first-order valence-corrected chi connectivity index (χ1v) is 11.8. The lowest BCUT2D eigenvalue weighted by Gasteiger charge is -2.26. The number of rotatable bonds is 4. The van der Waals surface area contributed by atoms with Gasteiger partial charge >= 0.3 is 5.97 Å². The molecule has 188 valence electrons. The second kappa shape index (κ2) is 9.46. The molecule has 1 unspecified atom stereocenters. The van der Waals surface area contributed by atoms with Crippen LogP contribution in [0.25, 0.3) is 5.76 Å². The molecule has 1 fully saturated rings. The first-order valence-electron chi connectivity index (χ1n) is 11.8. The second-order valence-corrected chi connectivity index (χ2v) is 8.96. The number of ether oxygens (including phenoxy) is 3. The third-order valence-electron chi connectivity index (χ3n) is 6.49. The van der Waals surface area contributed by atoms with Gasteiger partial charge in [0.25, 0.3) is 11.7 Å². The van der Waals surface area contributed by atoms with Crippen molar-refractivity contribution >= 4 is 29.1 Å². The zero-order valence-electron chi connectivity index (χ0n) is 20.6. The number of aryl methyl sites for hydroxylation is 2. The van der Waals surface area contributed by atoms with Crippen LogP contribution in [0.4, 0.5) is 5.69 Å². The van der Waals surface area contributed by atoms with E-state index in [2.05, 4.69) is 0 Å². The van der Waals surface area contributed by atoms with E-state index in [4.69, 9.17) is 14.2 Å². The molecule has 1 amide bonds. The topological polar surface area (TPSA) is 102 Å². The van der Waals surface area contributed by atoms with E-state index in [1.54, 1.807) is 48.5 Å². The van der Waals surface area contributed by atoms with Crippen molar-refractivity contribution in [1.82, 2.24) is 0 Å². The minimum absolute atomic E-state index is 0.0554. The molecular formula is C29H25NO7. The third kappa shape index (κ3) is 4.42. The molecule has 3 aromatic rings. The van der Waals surface area contributed by atoms with E-state index < -0.39 is 23.7 Å². The van der Waals surface area contributed by atoms with E-state index in [9.17, 15) is 19.5 Å². The van der Waals surface area contributed by atoms with Crippen molar-refractivity contribution in [3.63, 3.8) is 0 Å². The first-order chi connectivity index (χ1) is 17.7. The second-order valence-electron chi connectivity index (χ2n) is 8.96. The van der Waals surface area contributed by atoms with Crippen LogP contribution in [0, 0.1) is 13.8 Å². The molecule has 2 aliphatic rings. The monoisotopic (exact) mass is 499 g/mol. The molecule has 0 bridgehead atoms. The number of anilines is 1. The van der Waals surface area contributed by atoms with Gasteiger partial charge in [0.1, 0.15) is 24.7 Å². The standard InChI is InChI=1S/C29H25NO7/c1-16-4-8-21(14-17(16)2)30-26(19-5-9-22(10-6-19)37-18(3)31)25(28(33)29(30)34)27(32)20-7-11-23-24(15-20)36-13-12-35-23/h4-11,14-15,26,32H,12-13H2,1-3H3/b27-25-. The van der Waals surface area contributed by atoms with Crippen molar-refractivity contribution in [2.75, 3.05) is 18.1 Å². The summed E-state index contributed by atoms with van der Waals surface area (Å²) >= 11 is 0. The summed E-state index contributed by atoms with van der Waals surface area (Å²) in [6, 6.07) is 15.9. The summed E-state index contributed by atoms with van der Waals surface area (Å²) in [6.07, 6.45) is 0. The predicted molar refractivity (Wildman–Crippen MR) is 136 cm³/mol. The van der Waals surface area contributed by atoms with E-state index in [-0.39, 0.29) is 11.3 Å². The Labute approximate surface area is 213 Å². The van der Waals surface area contributed by atoms with Crippen LogP contribution >= 0.6 is 0 Å². The van der Waals surface area contributed by atoms with E-state index >= 15 is 0 Å². The molecule has 1 saturated heterocycles. The maximum Gasteiger partial charge on any atom is 0.308 e. The summed E-state index contributed by atoms with van der Waals surface area (Å²) in [5, 5.41) is 11.4. The lowest BCUT2D eigenvalue weighted by molar-refractivity contribution is -0.132. The molecule has 2 heterocycles. The Morgan fingerprint density at radius 3 is 2.30 bits per heavy atom. The van der Waals surface area contributed by atoms with Gasteiger partial charge in [-0.2, -0.15) is 0 Å². The summed E-state index contributed by atoms with van der Waals surface area (Å²) in [5.41, 5.74) is 3.35. The number of aliphatic hydroxyl groups is 1. The minimum atomic E-state index is -0.915. The highest BCUT2D eigenvalue weighted by molar-refractivity contribution is 6.51. The van der Waals surface area contributed by atoms with E-state index in [0.717, 1.165) is 11.1 Å². The SMILES string of the molecule is CC(=O)Oc1ccc(C2/C(=C(/O)c3ccc4c(c3)OCCO4)C(=O)C(=O)N2c2ccc(C)c(C)c2)cc1. The highest BCUT2D eigenvalue weighted by Gasteiger charge is 2.47. The van der Waals surface area contributed by atoms with Gasteiger partial charge in [-0.1, -0.05) is 18.2 Å². The normalized spacial score (nSPS) is 18.1. The maximum absolute atomic E-state index is 13.4. The number of Topliss-reactive ketones (excluding diaryl/α,β-unsaturated/α-hetero) is 1. The predicted octanol–water partition coefficient (Wildman–Crippen LogP) is 4.63. The first kappa shape index (κ1) is 24.1. The van der Waals surface area contributed by atoms with E-state index in [1.165, 1.54) is 11.8 Å². The number of nitrogens with zero attached hydrogens (tertiary/aromatic N) is 1. The highest BCUT2D eigenvalue weighted by Crippen LogP contribution is 2.43. The quantitative estimate of drug-likeness (QED) is 0.184. The van der Waals surface area contributed by atoms with Crippen LogP contribution in [-0.4, -0.2) is 36.0 Å². The molecule has 0 spiro atoms. The Bertz CT molecular complexity index is 1460. The summed E-state index contributed by atoms with van der Waals surface area (Å²) in [5.74, 6) is -1.04. The molecule has 1 N–H and O–H groups in total. The molecule has 1 atom stereocenters. The van der Waals surface area contributed by atoms with Crippen LogP contribution in [0.3, 0.4) is 0 Å². The van der Waals surface area contributed by atoms with Crippen LogP contribution < -0.4 is 19.1 Å². The number of ketones is 1. The summed E-state index contributed by atoms with van der Waals surface area (Å²) < 4.78 is 16.3. The molecule has 3 aromatic carbocycles. The smallest absolute Gasteiger partial charge is 0.308 e. The van der Waals surface area contributed by atoms with Crippen LogP contribution in [0.5, 0.6) is 17.2 Å². The number of hydrogen-bond acceptors (Lipinski definition) is 7. The number of esters is 1. The number of aliphatic hydroxyl groups excluding tert-OH is 1. The molecular weight excluding hydrogens is 474 g/mol. The number of carbonyl (C=O) groups is 3. The zero-order chi connectivity index (χ0) is 26.3. The molecule has 0 saturated carbocycles. The fourth-order valence-corrected chi connectivity index (χ4v) is 4.52. The molecule has 37 heavy (non-hydrogen) atoms. The van der Waals surface area contributed by atoms with E-state index in [0.29, 0.717) is 47.3 Å². The molecule has 8 heteroatoms. The lowest BCUT2D eigenvalue weighted by atomic mass is 9.94. The van der Waals surface area contributed by atoms with Crippen LogP contribution in [0.2, 0.25) is 0 Å². The van der Waals surface area contributed by atoms with Crippen molar-refractivity contribution in [1.29, 1.82) is 0 Å². The molecule has 5 rings (SSSR count). The third-order valence-corrected chi connectivity index (χ3v) is 6.49. The van der Waals surface area contributed by atoms with E-state index in [1.807, 2.05) is 26.0 Å². The molecule has 0 radical (unpaired) electrons. The van der Waals surface area contributed by atoms with Gasteiger partial charge in [0.2, 0.25) is 0 Å². The van der Waals surface area contributed by atoms with Gasteiger partial charge < -0.3 is 19.3 Å². The summed E-state index contributed by atoms with van der Waals surface area (Å²) in [7, 11) is 0. The van der Waals surface area contributed by atoms with Crippen LogP contribution in [-0.2, 0) is 14.4 Å². The van der Waals surface area contributed by atoms with Gasteiger partial charge in [-0.3, -0.25) is 19.3 Å². The van der Waals surface area contributed by atoms with Crippen LogP contribution in [0.15, 0.2) is 66.2 Å². The molecule has 8 nitrogen and oxygen atoms in total. The average molecular weight is 500 g/mol. The minimum Gasteiger partial charge on any atom is -0.507 e. The van der Waals surface area contributed by atoms with Gasteiger partial charge in [-0.05, 0) is 73.0 Å². The van der Waals surface area contributed by atoms with Crippen molar-refractivity contribution in [2.45, 2.75) is 26.8 Å². The number of amides is 1. The van der Waals surface area contributed by atoms with Crippen molar-refractivity contribution in [2.24, 2.45) is 0 Å². The van der Waals surface area contributed by atoms with Gasteiger partial charge in [0.15, 0.2) is 11.5 Å². The van der Waals surface area contributed by atoms with Gasteiger partial charge in [-0.25, -0.2) is 0 Å². The van der Waals surface area contributed by atoms with Crippen molar-refractivity contribution in [3.05, 3.63) is 88.5 Å². The molecule has 0 aromatic heterocycles. The fraction of sp³-hybridized carbons (Fsp3) is 0.207. The Morgan fingerprint density at radius 2 is 1.62 bits per heavy atom. The lowest BCUT2D eigenvalue weighted by Crippen LogP contribution is -2.29. The Kier molecular flexibility index (Phi) is 6.17. The number of carbonyl (C=O) groups excluding carboxylic acids is 3.